The predicted molar refractivity (Wildman–Crippen MR) is 81.1 cm³/mol. The van der Waals surface area contributed by atoms with E-state index in [1.165, 1.54) is 11.3 Å². The molecule has 3 rings (SSSR count). The van der Waals surface area contributed by atoms with Crippen LogP contribution in [0.4, 0.5) is 5.69 Å². The van der Waals surface area contributed by atoms with E-state index < -0.39 is 0 Å². The third-order valence-electron chi connectivity index (χ3n) is 3.40. The molecule has 0 N–H and O–H groups in total. The topological polar surface area (TPSA) is 37.4 Å². The van der Waals surface area contributed by atoms with Crippen LogP contribution in [0.1, 0.15) is 32.0 Å². The number of para-hydroxylation sites is 1. The molecule has 0 atom stereocenters. The molecule has 0 unspecified atom stereocenters. The van der Waals surface area contributed by atoms with Gasteiger partial charge in [-0.05, 0) is 30.0 Å². The van der Waals surface area contributed by atoms with Gasteiger partial charge >= 0.3 is 0 Å². The quantitative estimate of drug-likeness (QED) is 0.800. The summed E-state index contributed by atoms with van der Waals surface area (Å²) in [5.41, 5.74) is 2.19. The highest BCUT2D eigenvalue weighted by molar-refractivity contribution is 7.13. The summed E-state index contributed by atoms with van der Waals surface area (Å²) in [5.74, 6) is -0.0499. The molecule has 1 aliphatic rings. The van der Waals surface area contributed by atoms with Crippen molar-refractivity contribution in [2.45, 2.75) is 13.3 Å². The molecule has 1 amide bonds. The van der Waals surface area contributed by atoms with Crippen LogP contribution in [0.5, 0.6) is 0 Å². The van der Waals surface area contributed by atoms with Gasteiger partial charge in [0.15, 0.2) is 5.78 Å². The lowest BCUT2D eigenvalue weighted by Gasteiger charge is -2.28. The molecule has 1 aromatic carbocycles. The van der Waals surface area contributed by atoms with E-state index in [-0.39, 0.29) is 11.7 Å². The van der Waals surface area contributed by atoms with Crippen LogP contribution in [0.15, 0.2) is 29.6 Å². The maximum Gasteiger partial charge on any atom is 0.269 e. The summed E-state index contributed by atoms with van der Waals surface area (Å²) >= 11 is 7.52. The van der Waals surface area contributed by atoms with Crippen molar-refractivity contribution < 1.29 is 9.59 Å². The molecule has 102 valence electrons. The number of fused-ring (bicyclic) bond motifs is 1. The standard InChI is InChI=1S/C15H12ClNO2S/c1-9-8-20-14(13(9)16)15(19)17-7-6-12(18)10-4-2-3-5-11(10)17/h2-5,8H,6-7H2,1H3. The average Bonchev–Trinajstić information content (AvgIpc) is 2.79. The van der Waals surface area contributed by atoms with Crippen LogP contribution < -0.4 is 4.90 Å². The Morgan fingerprint density at radius 3 is 2.80 bits per heavy atom. The molecule has 20 heavy (non-hydrogen) atoms. The molecule has 1 aliphatic heterocycles. The third kappa shape index (κ3) is 2.05. The van der Waals surface area contributed by atoms with Crippen LogP contribution >= 0.6 is 22.9 Å². The predicted octanol–water partition coefficient (Wildman–Crippen LogP) is 3.94. The first-order valence-corrected chi connectivity index (χ1v) is 7.53. The number of ketones is 1. The number of anilines is 1. The van der Waals surface area contributed by atoms with Crippen molar-refractivity contribution in [3.63, 3.8) is 0 Å². The highest BCUT2D eigenvalue weighted by Gasteiger charge is 2.29. The summed E-state index contributed by atoms with van der Waals surface area (Å²) in [6.07, 6.45) is 0.352. The Morgan fingerprint density at radius 1 is 1.35 bits per heavy atom. The number of nitrogens with zero attached hydrogens (tertiary/aromatic N) is 1. The van der Waals surface area contributed by atoms with E-state index in [0.717, 1.165) is 5.56 Å². The van der Waals surface area contributed by atoms with Crippen molar-refractivity contribution in [3.8, 4) is 0 Å². The van der Waals surface area contributed by atoms with Crippen LogP contribution in [0.25, 0.3) is 0 Å². The van der Waals surface area contributed by atoms with Gasteiger partial charge in [0.05, 0.1) is 10.7 Å². The van der Waals surface area contributed by atoms with Crippen LogP contribution in [-0.4, -0.2) is 18.2 Å². The van der Waals surface area contributed by atoms with Crippen molar-refractivity contribution in [1.82, 2.24) is 0 Å². The van der Waals surface area contributed by atoms with Crippen molar-refractivity contribution in [2.75, 3.05) is 11.4 Å². The van der Waals surface area contributed by atoms with Gasteiger partial charge in [0.2, 0.25) is 0 Å². The highest BCUT2D eigenvalue weighted by atomic mass is 35.5. The Balaban J connectivity index is 2.04. The smallest absolute Gasteiger partial charge is 0.269 e. The number of amides is 1. The Bertz CT molecular complexity index is 708. The van der Waals surface area contributed by atoms with Gasteiger partial charge in [-0.15, -0.1) is 11.3 Å². The first-order valence-electron chi connectivity index (χ1n) is 6.27. The molecule has 0 radical (unpaired) electrons. The third-order valence-corrected chi connectivity index (χ3v) is 5.08. The highest BCUT2D eigenvalue weighted by Crippen LogP contribution is 2.33. The van der Waals surface area contributed by atoms with Gasteiger partial charge in [-0.1, -0.05) is 23.7 Å². The Hall–Kier alpha value is -1.65. The number of benzene rings is 1. The minimum Gasteiger partial charge on any atom is -0.306 e. The Kier molecular flexibility index (Phi) is 3.36. The molecular weight excluding hydrogens is 294 g/mol. The molecule has 0 aliphatic carbocycles. The van der Waals surface area contributed by atoms with E-state index in [1.807, 2.05) is 24.4 Å². The lowest BCUT2D eigenvalue weighted by molar-refractivity contribution is 0.0957. The van der Waals surface area contributed by atoms with Gasteiger partial charge < -0.3 is 4.90 Å². The van der Waals surface area contributed by atoms with Gasteiger partial charge in [-0.25, -0.2) is 0 Å². The number of hydrogen-bond donors (Lipinski definition) is 0. The number of hydrogen-bond acceptors (Lipinski definition) is 3. The van der Waals surface area contributed by atoms with Crippen LogP contribution in [0.2, 0.25) is 5.02 Å². The number of halogens is 1. The number of rotatable bonds is 1. The van der Waals surface area contributed by atoms with E-state index in [4.69, 9.17) is 11.6 Å². The van der Waals surface area contributed by atoms with Crippen molar-refractivity contribution in [2.24, 2.45) is 0 Å². The SMILES string of the molecule is Cc1csc(C(=O)N2CCC(=O)c3ccccc32)c1Cl. The Morgan fingerprint density at radius 2 is 2.10 bits per heavy atom. The van der Waals surface area contributed by atoms with Gasteiger partial charge in [0.25, 0.3) is 5.91 Å². The summed E-state index contributed by atoms with van der Waals surface area (Å²) in [7, 11) is 0. The van der Waals surface area contributed by atoms with Gasteiger partial charge in [0, 0.05) is 18.5 Å². The van der Waals surface area contributed by atoms with Crippen LogP contribution in [-0.2, 0) is 0 Å². The van der Waals surface area contributed by atoms with E-state index in [2.05, 4.69) is 0 Å². The number of Topliss-reactive ketones (excluding diaryl/α,β-unsaturated/α-hetero) is 1. The largest absolute Gasteiger partial charge is 0.306 e. The molecule has 3 nitrogen and oxygen atoms in total. The number of thiophene rings is 1. The average molecular weight is 306 g/mol. The van der Waals surface area contributed by atoms with Gasteiger partial charge in [0.1, 0.15) is 4.88 Å². The van der Waals surface area contributed by atoms with E-state index in [9.17, 15) is 9.59 Å². The fourth-order valence-corrected chi connectivity index (χ4v) is 3.54. The van der Waals surface area contributed by atoms with Gasteiger partial charge in [-0.3, -0.25) is 9.59 Å². The zero-order valence-electron chi connectivity index (χ0n) is 10.9. The summed E-state index contributed by atoms with van der Waals surface area (Å²) in [6, 6.07) is 7.21. The van der Waals surface area contributed by atoms with Crippen LogP contribution in [0.3, 0.4) is 0 Å². The van der Waals surface area contributed by atoms with E-state index >= 15 is 0 Å². The van der Waals surface area contributed by atoms with Gasteiger partial charge in [-0.2, -0.15) is 0 Å². The summed E-state index contributed by atoms with van der Waals surface area (Å²) in [6.45, 7) is 2.28. The maximum absolute atomic E-state index is 12.6. The molecule has 0 saturated carbocycles. The minimum absolute atomic E-state index is 0.0816. The fraction of sp³-hybridized carbons (Fsp3) is 0.200. The molecule has 0 bridgehead atoms. The van der Waals surface area contributed by atoms with E-state index in [1.54, 1.807) is 17.0 Å². The van der Waals surface area contributed by atoms with Crippen molar-refractivity contribution in [3.05, 3.63) is 50.7 Å². The second-order valence-electron chi connectivity index (χ2n) is 4.71. The molecule has 0 saturated heterocycles. The molecule has 0 spiro atoms. The molecule has 2 aromatic rings. The van der Waals surface area contributed by atoms with E-state index in [0.29, 0.717) is 34.1 Å². The lowest BCUT2D eigenvalue weighted by atomic mass is 10.0. The lowest BCUT2D eigenvalue weighted by Crippen LogP contribution is -2.37. The first kappa shape index (κ1) is 13.3. The molecular formula is C15H12ClNO2S. The maximum atomic E-state index is 12.6. The first-order chi connectivity index (χ1) is 9.59. The number of aryl methyl sites for hydroxylation is 1. The monoisotopic (exact) mass is 305 g/mol. The normalized spacial score (nSPS) is 14.3. The number of carbonyl (C=O) groups excluding carboxylic acids is 2. The minimum atomic E-state index is -0.131. The summed E-state index contributed by atoms with van der Waals surface area (Å²) < 4.78 is 0. The molecule has 5 heteroatoms. The summed E-state index contributed by atoms with van der Waals surface area (Å²) in [5, 5.41) is 2.38. The van der Waals surface area contributed by atoms with Crippen LogP contribution in [0, 0.1) is 6.92 Å². The van der Waals surface area contributed by atoms with Crippen molar-refractivity contribution in [1.29, 1.82) is 0 Å². The fourth-order valence-electron chi connectivity index (χ4n) is 2.32. The summed E-state index contributed by atoms with van der Waals surface area (Å²) in [4.78, 5) is 26.7. The van der Waals surface area contributed by atoms with Crippen molar-refractivity contribution >= 4 is 40.3 Å². The zero-order chi connectivity index (χ0) is 14.3. The molecule has 1 aromatic heterocycles. The number of carbonyl (C=O) groups is 2. The Labute approximate surface area is 125 Å². The molecule has 0 fully saturated rings. The second-order valence-corrected chi connectivity index (χ2v) is 5.97. The molecule has 2 heterocycles. The zero-order valence-corrected chi connectivity index (χ0v) is 12.4. The second kappa shape index (κ2) is 5.04.